The van der Waals surface area contributed by atoms with Gasteiger partial charge in [0.25, 0.3) is 0 Å². The zero-order valence-electron chi connectivity index (χ0n) is 15.8. The molecule has 3 nitrogen and oxygen atoms in total. The van der Waals surface area contributed by atoms with Gasteiger partial charge < -0.3 is 10.2 Å². The highest BCUT2D eigenvalue weighted by Gasteiger charge is 2.26. The summed E-state index contributed by atoms with van der Waals surface area (Å²) in [5.41, 5.74) is 1.70. The van der Waals surface area contributed by atoms with Crippen molar-refractivity contribution < 1.29 is 10.2 Å². The van der Waals surface area contributed by atoms with Crippen LogP contribution in [0.25, 0.3) is 0 Å². The zero-order valence-corrected chi connectivity index (χ0v) is 15.8. The molecule has 0 saturated carbocycles. The van der Waals surface area contributed by atoms with Crippen LogP contribution in [-0.2, 0) is 0 Å². The predicted octanol–water partition coefficient (Wildman–Crippen LogP) is 4.72. The maximum Gasteiger partial charge on any atom is 0.121 e. The van der Waals surface area contributed by atoms with Crippen molar-refractivity contribution in [3.8, 4) is 5.75 Å². The van der Waals surface area contributed by atoms with E-state index in [2.05, 4.69) is 44.7 Å². The molecule has 2 aromatic rings. The van der Waals surface area contributed by atoms with Gasteiger partial charge in [-0.15, -0.1) is 0 Å². The molecule has 0 radical (unpaired) electrons. The Morgan fingerprint density at radius 3 is 1.96 bits per heavy atom. The molecular weight excluding hydrogens is 310 g/mol. The fourth-order valence-electron chi connectivity index (χ4n) is 3.56. The molecule has 2 atom stereocenters. The average Bonchev–Trinajstić information content (AvgIpc) is 2.58. The van der Waals surface area contributed by atoms with Gasteiger partial charge in [0.1, 0.15) is 5.75 Å². The number of phenolic OH excluding ortho intramolecular Hbond substituents is 1. The quantitative estimate of drug-likeness (QED) is 0.730. The third kappa shape index (κ3) is 5.07. The van der Waals surface area contributed by atoms with E-state index in [1.165, 1.54) is 0 Å². The van der Waals surface area contributed by atoms with Crippen LogP contribution in [0.1, 0.15) is 57.3 Å². The topological polar surface area (TPSA) is 43.7 Å². The number of hydrogen-bond acceptors (Lipinski definition) is 3. The molecule has 136 valence electrons. The van der Waals surface area contributed by atoms with E-state index < -0.39 is 6.10 Å². The Labute approximate surface area is 151 Å². The van der Waals surface area contributed by atoms with Gasteiger partial charge in [-0.25, -0.2) is 0 Å². The Kier molecular flexibility index (Phi) is 7.03. The van der Waals surface area contributed by atoms with Crippen LogP contribution in [0.4, 0.5) is 0 Å². The third-order valence-electron chi connectivity index (χ3n) is 4.89. The number of benzene rings is 2. The van der Waals surface area contributed by atoms with Gasteiger partial charge in [-0.1, -0.05) is 48.5 Å². The Morgan fingerprint density at radius 1 is 0.840 bits per heavy atom. The lowest BCUT2D eigenvalue weighted by atomic mass is 9.86. The monoisotopic (exact) mass is 341 g/mol. The summed E-state index contributed by atoms with van der Waals surface area (Å²) < 4.78 is 0. The molecule has 0 aliphatic carbocycles. The third-order valence-corrected chi connectivity index (χ3v) is 4.89. The summed E-state index contributed by atoms with van der Waals surface area (Å²) in [4.78, 5) is 2.44. The van der Waals surface area contributed by atoms with Gasteiger partial charge in [0.15, 0.2) is 0 Å². The number of aliphatic hydroxyl groups excluding tert-OH is 1. The summed E-state index contributed by atoms with van der Waals surface area (Å²) in [6, 6.07) is 18.1. The Balaban J connectivity index is 2.27. The second-order valence-electron chi connectivity index (χ2n) is 7.23. The molecular formula is C22H31NO2. The van der Waals surface area contributed by atoms with Crippen molar-refractivity contribution in [2.24, 2.45) is 0 Å². The fourth-order valence-corrected chi connectivity index (χ4v) is 3.56. The highest BCUT2D eigenvalue weighted by molar-refractivity contribution is 5.36. The lowest BCUT2D eigenvalue weighted by molar-refractivity contribution is 0.114. The first kappa shape index (κ1) is 19.5. The van der Waals surface area contributed by atoms with Crippen LogP contribution in [0.3, 0.4) is 0 Å². The first-order valence-corrected chi connectivity index (χ1v) is 9.18. The molecule has 0 saturated heterocycles. The van der Waals surface area contributed by atoms with Gasteiger partial charge in [0.2, 0.25) is 0 Å². The minimum Gasteiger partial charge on any atom is -0.508 e. The second-order valence-corrected chi connectivity index (χ2v) is 7.23. The maximum absolute atomic E-state index is 11.0. The van der Waals surface area contributed by atoms with E-state index in [-0.39, 0.29) is 11.7 Å². The number of hydrogen-bond donors (Lipinski definition) is 2. The molecule has 2 aromatic carbocycles. The molecule has 2 rings (SSSR count). The molecule has 0 aliphatic heterocycles. The summed E-state index contributed by atoms with van der Waals surface area (Å²) in [5.74, 6) is 0.0926. The van der Waals surface area contributed by atoms with Crippen molar-refractivity contribution in [2.45, 2.75) is 58.2 Å². The molecule has 2 N–H and O–H groups in total. The number of aliphatic hydroxyl groups is 1. The molecule has 3 heteroatoms. The smallest absolute Gasteiger partial charge is 0.121 e. The maximum atomic E-state index is 11.0. The second kappa shape index (κ2) is 9.02. The van der Waals surface area contributed by atoms with Crippen LogP contribution in [0.5, 0.6) is 5.75 Å². The van der Waals surface area contributed by atoms with Crippen LogP contribution >= 0.6 is 0 Å². The summed E-state index contributed by atoms with van der Waals surface area (Å²) >= 11 is 0. The highest BCUT2D eigenvalue weighted by Crippen LogP contribution is 2.37. The molecule has 0 spiro atoms. The minimum absolute atomic E-state index is 0.0606. The van der Waals surface area contributed by atoms with Gasteiger partial charge in [-0.2, -0.15) is 0 Å². The van der Waals surface area contributed by atoms with E-state index in [1.807, 2.05) is 24.3 Å². The molecule has 0 bridgehead atoms. The molecule has 0 heterocycles. The number of rotatable bonds is 8. The summed E-state index contributed by atoms with van der Waals surface area (Å²) in [5, 5.41) is 21.2. The van der Waals surface area contributed by atoms with E-state index >= 15 is 0 Å². The Morgan fingerprint density at radius 2 is 1.40 bits per heavy atom. The number of nitrogens with zero attached hydrogens (tertiary/aromatic N) is 1. The minimum atomic E-state index is -0.732. The number of phenols is 1. The molecule has 2 unspecified atom stereocenters. The lowest BCUT2D eigenvalue weighted by Crippen LogP contribution is -2.38. The van der Waals surface area contributed by atoms with Crippen molar-refractivity contribution in [2.75, 3.05) is 6.54 Å². The normalized spacial score (nSPS) is 14.2. The predicted molar refractivity (Wildman–Crippen MR) is 104 cm³/mol. The Bertz CT molecular complexity index is 631. The van der Waals surface area contributed by atoms with Crippen LogP contribution in [0.15, 0.2) is 54.6 Å². The van der Waals surface area contributed by atoms with Gasteiger partial charge in [-0.05, 0) is 52.3 Å². The average molecular weight is 341 g/mol. The van der Waals surface area contributed by atoms with E-state index in [0.29, 0.717) is 17.6 Å². The van der Waals surface area contributed by atoms with Gasteiger partial charge in [0, 0.05) is 23.6 Å². The molecule has 25 heavy (non-hydrogen) atoms. The van der Waals surface area contributed by atoms with Gasteiger partial charge >= 0.3 is 0 Å². The molecule has 0 aromatic heterocycles. The van der Waals surface area contributed by atoms with Gasteiger partial charge in [-0.3, -0.25) is 4.90 Å². The van der Waals surface area contributed by atoms with Crippen LogP contribution in [-0.4, -0.2) is 33.7 Å². The van der Waals surface area contributed by atoms with Crippen LogP contribution < -0.4 is 0 Å². The van der Waals surface area contributed by atoms with Crippen molar-refractivity contribution in [1.29, 1.82) is 0 Å². The van der Waals surface area contributed by atoms with Crippen molar-refractivity contribution >= 4 is 0 Å². The Hall–Kier alpha value is -1.84. The van der Waals surface area contributed by atoms with E-state index in [9.17, 15) is 10.2 Å². The van der Waals surface area contributed by atoms with Crippen molar-refractivity contribution in [3.63, 3.8) is 0 Å². The molecule has 0 fully saturated rings. The molecule has 0 aliphatic rings. The van der Waals surface area contributed by atoms with Gasteiger partial charge in [0.05, 0.1) is 6.10 Å². The zero-order chi connectivity index (χ0) is 18.4. The molecule has 0 amide bonds. The van der Waals surface area contributed by atoms with Crippen LogP contribution in [0, 0.1) is 0 Å². The lowest BCUT2D eigenvalue weighted by Gasteiger charge is -2.33. The van der Waals surface area contributed by atoms with Crippen molar-refractivity contribution in [1.82, 2.24) is 4.90 Å². The SMILES string of the molecule is CC(C)N(CCC(c1ccccc1)C(O)c1ccccc1O)C(C)C. The number of aromatic hydroxyl groups is 1. The highest BCUT2D eigenvalue weighted by atomic mass is 16.3. The first-order chi connectivity index (χ1) is 11.9. The van der Waals surface area contributed by atoms with E-state index in [4.69, 9.17) is 0 Å². The number of para-hydroxylation sites is 1. The summed E-state index contributed by atoms with van der Waals surface area (Å²) in [6.07, 6.45) is 0.0976. The first-order valence-electron chi connectivity index (χ1n) is 9.18. The van der Waals surface area contributed by atoms with Crippen molar-refractivity contribution in [3.05, 3.63) is 65.7 Å². The standard InChI is InChI=1S/C22H31NO2/c1-16(2)23(17(3)4)15-14-19(18-10-6-5-7-11-18)22(25)20-12-8-9-13-21(20)24/h5-13,16-17,19,22,24-25H,14-15H2,1-4H3. The van der Waals surface area contributed by atoms with E-state index in [0.717, 1.165) is 18.5 Å². The summed E-state index contributed by atoms with van der Waals surface area (Å²) in [7, 11) is 0. The summed E-state index contributed by atoms with van der Waals surface area (Å²) in [6.45, 7) is 9.72. The largest absolute Gasteiger partial charge is 0.508 e. The van der Waals surface area contributed by atoms with E-state index in [1.54, 1.807) is 18.2 Å². The fraction of sp³-hybridized carbons (Fsp3) is 0.455. The van der Waals surface area contributed by atoms with Crippen LogP contribution in [0.2, 0.25) is 0 Å².